The van der Waals surface area contributed by atoms with Gasteiger partial charge in [0.1, 0.15) is 5.75 Å². The largest absolute Gasteiger partial charge is 0.496 e. The lowest BCUT2D eigenvalue weighted by Gasteiger charge is -2.08. The molecule has 0 saturated heterocycles. The van der Waals surface area contributed by atoms with Gasteiger partial charge < -0.3 is 14.8 Å². The first kappa shape index (κ1) is 14.5. The molecule has 1 aromatic rings. The molecule has 4 heteroatoms. The van der Waals surface area contributed by atoms with Crippen molar-refractivity contribution >= 4 is 5.97 Å². The van der Waals surface area contributed by atoms with Crippen LogP contribution >= 0.6 is 0 Å². The lowest BCUT2D eigenvalue weighted by atomic mass is 10.1. The van der Waals surface area contributed by atoms with Crippen molar-refractivity contribution in [3.05, 3.63) is 29.3 Å². The minimum atomic E-state index is -0.178. The zero-order valence-electron chi connectivity index (χ0n) is 11.3. The minimum Gasteiger partial charge on any atom is -0.496 e. The topological polar surface area (TPSA) is 47.6 Å². The van der Waals surface area contributed by atoms with Gasteiger partial charge in [0.2, 0.25) is 0 Å². The minimum absolute atomic E-state index is 0.178. The number of nitrogens with one attached hydrogen (secondary N) is 1. The van der Waals surface area contributed by atoms with E-state index in [4.69, 9.17) is 4.74 Å². The Morgan fingerprint density at radius 3 is 2.67 bits per heavy atom. The third kappa shape index (κ3) is 4.75. The Hall–Kier alpha value is -1.55. The molecule has 0 amide bonds. The molecule has 0 fully saturated rings. The zero-order valence-corrected chi connectivity index (χ0v) is 11.3. The van der Waals surface area contributed by atoms with Gasteiger partial charge in [-0.3, -0.25) is 4.79 Å². The second-order valence-electron chi connectivity index (χ2n) is 4.13. The number of esters is 1. The SMILES string of the molecule is COC(=O)CCNCCc1ccc(OC)c(C)c1. The van der Waals surface area contributed by atoms with E-state index in [-0.39, 0.29) is 5.97 Å². The van der Waals surface area contributed by atoms with Gasteiger partial charge in [-0.05, 0) is 37.1 Å². The molecule has 0 aliphatic heterocycles. The number of methoxy groups -OCH3 is 2. The van der Waals surface area contributed by atoms with Gasteiger partial charge in [-0.15, -0.1) is 0 Å². The first-order valence-corrected chi connectivity index (χ1v) is 6.08. The second kappa shape index (κ2) is 7.71. The molecule has 0 aromatic heterocycles. The van der Waals surface area contributed by atoms with Crippen molar-refractivity contribution in [1.82, 2.24) is 5.32 Å². The highest BCUT2D eigenvalue weighted by Crippen LogP contribution is 2.18. The smallest absolute Gasteiger partial charge is 0.306 e. The fourth-order valence-electron chi connectivity index (χ4n) is 1.75. The van der Waals surface area contributed by atoms with Gasteiger partial charge in [0.15, 0.2) is 0 Å². The summed E-state index contributed by atoms with van der Waals surface area (Å²) in [7, 11) is 3.08. The number of aryl methyl sites for hydroxylation is 1. The van der Waals surface area contributed by atoms with Crippen LogP contribution in [0.15, 0.2) is 18.2 Å². The van der Waals surface area contributed by atoms with Crippen LogP contribution in [0, 0.1) is 6.92 Å². The molecule has 100 valence electrons. The summed E-state index contributed by atoms with van der Waals surface area (Å²) in [6.07, 6.45) is 1.35. The van der Waals surface area contributed by atoms with Crippen LogP contribution in [0.1, 0.15) is 17.5 Å². The molecule has 4 nitrogen and oxygen atoms in total. The van der Waals surface area contributed by atoms with Crippen LogP contribution in [0.25, 0.3) is 0 Å². The maximum absolute atomic E-state index is 10.9. The Balaban J connectivity index is 2.27. The summed E-state index contributed by atoms with van der Waals surface area (Å²) in [6.45, 7) is 3.54. The first-order valence-electron chi connectivity index (χ1n) is 6.08. The summed E-state index contributed by atoms with van der Waals surface area (Å²) in [5, 5.41) is 3.22. The molecule has 1 aromatic carbocycles. The molecule has 0 unspecified atom stereocenters. The fourth-order valence-corrected chi connectivity index (χ4v) is 1.75. The summed E-state index contributed by atoms with van der Waals surface area (Å²) in [5.41, 5.74) is 2.41. The Labute approximate surface area is 108 Å². The normalized spacial score (nSPS) is 10.2. The highest BCUT2D eigenvalue weighted by atomic mass is 16.5. The van der Waals surface area contributed by atoms with Gasteiger partial charge in [-0.1, -0.05) is 12.1 Å². The van der Waals surface area contributed by atoms with Crippen molar-refractivity contribution < 1.29 is 14.3 Å². The highest BCUT2D eigenvalue weighted by molar-refractivity contribution is 5.69. The molecule has 1 N–H and O–H groups in total. The maximum atomic E-state index is 10.9. The van der Waals surface area contributed by atoms with Crippen molar-refractivity contribution in [1.29, 1.82) is 0 Å². The van der Waals surface area contributed by atoms with Gasteiger partial charge in [-0.2, -0.15) is 0 Å². The predicted molar refractivity (Wildman–Crippen MR) is 70.9 cm³/mol. The number of hydrogen-bond acceptors (Lipinski definition) is 4. The van der Waals surface area contributed by atoms with E-state index >= 15 is 0 Å². The number of ether oxygens (including phenoxy) is 2. The van der Waals surface area contributed by atoms with Gasteiger partial charge >= 0.3 is 5.97 Å². The summed E-state index contributed by atoms with van der Waals surface area (Å²) in [5.74, 6) is 0.736. The van der Waals surface area contributed by atoms with Crippen LogP contribution < -0.4 is 10.1 Å². The molecule has 1 rings (SSSR count). The molecule has 0 radical (unpaired) electrons. The lowest BCUT2D eigenvalue weighted by molar-refractivity contribution is -0.140. The van der Waals surface area contributed by atoms with E-state index in [2.05, 4.69) is 22.2 Å². The quantitative estimate of drug-likeness (QED) is 0.592. The Morgan fingerprint density at radius 2 is 2.06 bits per heavy atom. The highest BCUT2D eigenvalue weighted by Gasteiger charge is 2.01. The molecule has 18 heavy (non-hydrogen) atoms. The number of benzene rings is 1. The van der Waals surface area contributed by atoms with Gasteiger partial charge in [0.05, 0.1) is 20.6 Å². The van der Waals surface area contributed by atoms with Crippen LogP contribution in [0.2, 0.25) is 0 Å². The summed E-state index contributed by atoms with van der Waals surface area (Å²) in [4.78, 5) is 10.9. The van der Waals surface area contributed by atoms with E-state index in [1.807, 2.05) is 13.0 Å². The average Bonchev–Trinajstić information content (AvgIpc) is 2.38. The molecule has 0 saturated carbocycles. The third-order valence-corrected chi connectivity index (χ3v) is 2.78. The number of carbonyl (C=O) groups excluding carboxylic acids is 1. The van der Waals surface area contributed by atoms with Crippen LogP contribution in [0.5, 0.6) is 5.75 Å². The molecule has 0 heterocycles. The van der Waals surface area contributed by atoms with Crippen LogP contribution in [0.3, 0.4) is 0 Å². The predicted octanol–water partition coefficient (Wildman–Crippen LogP) is 1.70. The molecule has 0 bridgehead atoms. The van der Waals surface area contributed by atoms with Crippen molar-refractivity contribution in [3.8, 4) is 5.75 Å². The van der Waals surface area contributed by atoms with Gasteiger partial charge in [-0.25, -0.2) is 0 Å². The monoisotopic (exact) mass is 251 g/mol. The third-order valence-electron chi connectivity index (χ3n) is 2.78. The number of hydrogen-bond donors (Lipinski definition) is 1. The van der Waals surface area contributed by atoms with Gasteiger partial charge in [0.25, 0.3) is 0 Å². The van der Waals surface area contributed by atoms with Crippen LogP contribution in [-0.4, -0.2) is 33.3 Å². The molecular weight excluding hydrogens is 230 g/mol. The average molecular weight is 251 g/mol. The number of rotatable bonds is 7. The zero-order chi connectivity index (χ0) is 13.4. The van der Waals surface area contributed by atoms with Crippen molar-refractivity contribution in [2.45, 2.75) is 19.8 Å². The molecule has 0 atom stereocenters. The van der Waals surface area contributed by atoms with E-state index in [9.17, 15) is 4.79 Å². The number of carbonyl (C=O) groups is 1. The Morgan fingerprint density at radius 1 is 1.28 bits per heavy atom. The Bertz CT molecular complexity index is 391. The standard InChI is InChI=1S/C14H21NO3/c1-11-10-12(4-5-13(11)17-2)6-8-15-9-7-14(16)18-3/h4-5,10,15H,6-9H2,1-3H3. The molecule has 0 spiro atoms. The maximum Gasteiger partial charge on any atom is 0.306 e. The van der Waals surface area contributed by atoms with Crippen molar-refractivity contribution in [2.75, 3.05) is 27.3 Å². The van der Waals surface area contributed by atoms with E-state index < -0.39 is 0 Å². The van der Waals surface area contributed by atoms with Crippen molar-refractivity contribution in [3.63, 3.8) is 0 Å². The van der Waals surface area contributed by atoms with E-state index in [0.29, 0.717) is 13.0 Å². The van der Waals surface area contributed by atoms with Crippen molar-refractivity contribution in [2.24, 2.45) is 0 Å². The summed E-state index contributed by atoms with van der Waals surface area (Å²) >= 11 is 0. The second-order valence-corrected chi connectivity index (χ2v) is 4.13. The summed E-state index contributed by atoms with van der Waals surface area (Å²) < 4.78 is 9.78. The summed E-state index contributed by atoms with van der Waals surface area (Å²) in [6, 6.07) is 6.17. The van der Waals surface area contributed by atoms with E-state index in [0.717, 1.165) is 24.3 Å². The van der Waals surface area contributed by atoms with Gasteiger partial charge in [0, 0.05) is 6.54 Å². The van der Waals surface area contributed by atoms with E-state index in [1.54, 1.807) is 7.11 Å². The van der Waals surface area contributed by atoms with Crippen LogP contribution in [0.4, 0.5) is 0 Å². The fraction of sp³-hybridized carbons (Fsp3) is 0.500. The molecular formula is C14H21NO3. The first-order chi connectivity index (χ1) is 8.67. The lowest BCUT2D eigenvalue weighted by Crippen LogP contribution is -2.21. The Kier molecular flexibility index (Phi) is 6.22. The van der Waals surface area contributed by atoms with E-state index in [1.165, 1.54) is 12.7 Å². The molecule has 0 aliphatic rings. The van der Waals surface area contributed by atoms with Crippen LogP contribution in [-0.2, 0) is 16.0 Å². The molecule has 0 aliphatic carbocycles.